The Bertz CT molecular complexity index is 1460. The summed E-state index contributed by atoms with van der Waals surface area (Å²) >= 11 is 0. The first-order valence-corrected chi connectivity index (χ1v) is 14.7. The van der Waals surface area contributed by atoms with Crippen LogP contribution in [-0.2, 0) is 16.0 Å². The lowest BCUT2D eigenvalue weighted by Crippen LogP contribution is -2.53. The van der Waals surface area contributed by atoms with Gasteiger partial charge in [0.1, 0.15) is 22.8 Å². The fraction of sp³-hybridized carbons (Fsp3) is 0.485. The molecule has 3 aliphatic carbocycles. The first kappa shape index (κ1) is 29.8. The maximum absolute atomic E-state index is 13.9. The van der Waals surface area contributed by atoms with Crippen molar-refractivity contribution in [2.75, 3.05) is 33.7 Å². The van der Waals surface area contributed by atoms with Gasteiger partial charge in [0.05, 0.1) is 17.5 Å². The van der Waals surface area contributed by atoms with Crippen LogP contribution in [0.3, 0.4) is 0 Å². The maximum Gasteiger partial charge on any atom is 0.255 e. The summed E-state index contributed by atoms with van der Waals surface area (Å²) in [6.45, 7) is 7.25. The minimum Gasteiger partial charge on any atom is -0.511 e. The normalized spacial score (nSPS) is 27.3. The molecule has 1 aromatic rings. The number of aromatic hydroxyl groups is 1. The largest absolute Gasteiger partial charge is 0.511 e. The highest BCUT2D eigenvalue weighted by molar-refractivity contribution is 6.22. The molecule has 0 spiro atoms. The third kappa shape index (κ3) is 5.09. The number of likely N-dealkylation sites (N-methyl/N-ethyl adjacent to an activating group) is 1. The Kier molecular flexibility index (Phi) is 8.18. The summed E-state index contributed by atoms with van der Waals surface area (Å²) in [7, 11) is 3.43. The number of hydrogen-bond donors (Lipinski definition) is 4. The standard InChI is InChI=1S/C33H41N3O6/c1-17(16-36-12-6-5-7-13-36)8-9-18(2)20-10-11-23(37)25-21(20)14-19-15-22-26(30(39)24(19)29(25)38)31(40)27(33(34)42)32(41)28(22)35(3)4/h8-11,19,22,26,28,37,39,41H,5-7,12-16H2,1-4H3,(H2,34,42)/b17-8+,18-9+/t19-,22+,26?,28-/m0/s1. The molecule has 224 valence electrons. The number of primary amides is 1. The molecule has 1 fully saturated rings. The number of nitrogens with two attached hydrogens (primary N) is 1. The van der Waals surface area contributed by atoms with E-state index >= 15 is 0 Å². The molecule has 1 amide bonds. The van der Waals surface area contributed by atoms with Crippen molar-refractivity contribution >= 4 is 23.0 Å². The zero-order valence-corrected chi connectivity index (χ0v) is 24.8. The quantitative estimate of drug-likeness (QED) is 0.296. The number of carbonyl (C=O) groups is 3. The van der Waals surface area contributed by atoms with Gasteiger partial charge in [0.2, 0.25) is 0 Å². The fourth-order valence-electron chi connectivity index (χ4n) is 7.52. The third-order valence-electron chi connectivity index (χ3n) is 9.41. The summed E-state index contributed by atoms with van der Waals surface area (Å²) in [5.74, 6) is -5.56. The second-order valence-electron chi connectivity index (χ2n) is 12.5. The van der Waals surface area contributed by atoms with Crippen LogP contribution in [-0.4, -0.2) is 82.4 Å². The molecule has 1 heterocycles. The second-order valence-corrected chi connectivity index (χ2v) is 12.5. The number of hydrogen-bond acceptors (Lipinski definition) is 8. The molecule has 4 atom stereocenters. The number of phenolic OH excluding ortho intramolecular Hbond substituents is 1. The van der Waals surface area contributed by atoms with Gasteiger partial charge in [-0.15, -0.1) is 0 Å². The van der Waals surface area contributed by atoms with Gasteiger partial charge in [-0.2, -0.15) is 0 Å². The minimum absolute atomic E-state index is 0.0890. The SMILES string of the molecule is C/C(=C\C=C(/C)c1ccc(O)c2c1C[C@H]1C[C@@H]3C(C(=O)C(C(N)=O)=C(O)[C@H]3N(C)C)C(O)=C1C2=O)CN1CCCCC1. The van der Waals surface area contributed by atoms with Crippen molar-refractivity contribution in [3.05, 3.63) is 69.2 Å². The van der Waals surface area contributed by atoms with Crippen LogP contribution >= 0.6 is 0 Å². The zero-order valence-electron chi connectivity index (χ0n) is 24.8. The molecule has 42 heavy (non-hydrogen) atoms. The number of allylic oxidation sites excluding steroid dienone is 5. The highest BCUT2D eigenvalue weighted by Crippen LogP contribution is 2.51. The number of fused-ring (bicyclic) bond motifs is 3. The number of aliphatic hydroxyl groups excluding tert-OH is 2. The maximum atomic E-state index is 13.9. The summed E-state index contributed by atoms with van der Waals surface area (Å²) in [5.41, 5.74) is 8.88. The van der Waals surface area contributed by atoms with Crippen LogP contribution in [0.5, 0.6) is 5.75 Å². The van der Waals surface area contributed by atoms with Crippen LogP contribution in [0.4, 0.5) is 0 Å². The van der Waals surface area contributed by atoms with E-state index in [1.165, 1.54) is 30.9 Å². The summed E-state index contributed by atoms with van der Waals surface area (Å²) in [6, 6.07) is 2.58. The Morgan fingerprint density at radius 2 is 1.74 bits per heavy atom. The van der Waals surface area contributed by atoms with E-state index in [2.05, 4.69) is 17.9 Å². The fourth-order valence-corrected chi connectivity index (χ4v) is 7.52. The Morgan fingerprint density at radius 1 is 1.05 bits per heavy atom. The number of phenols is 1. The molecule has 1 unspecified atom stereocenters. The number of rotatable bonds is 6. The molecule has 0 bridgehead atoms. The lowest BCUT2D eigenvalue weighted by molar-refractivity contribution is -0.127. The Balaban J connectivity index is 1.53. The van der Waals surface area contributed by atoms with E-state index in [0.717, 1.165) is 30.8 Å². The van der Waals surface area contributed by atoms with Gasteiger partial charge in [0.25, 0.3) is 5.91 Å². The Morgan fingerprint density at radius 3 is 2.38 bits per heavy atom. The Hall–Kier alpha value is -3.69. The van der Waals surface area contributed by atoms with E-state index < -0.39 is 58.4 Å². The molecule has 0 aromatic heterocycles. The molecule has 1 aliphatic heterocycles. The second kappa shape index (κ2) is 11.5. The average Bonchev–Trinajstić information content (AvgIpc) is 2.91. The predicted molar refractivity (Wildman–Crippen MR) is 160 cm³/mol. The number of ketones is 2. The molecule has 0 saturated carbocycles. The van der Waals surface area contributed by atoms with Gasteiger partial charge in [-0.05, 0) is 101 Å². The summed E-state index contributed by atoms with van der Waals surface area (Å²) in [5, 5.41) is 33.2. The van der Waals surface area contributed by atoms with Crippen molar-refractivity contribution in [1.29, 1.82) is 0 Å². The topological polar surface area (TPSA) is 144 Å². The molecule has 5 N–H and O–H groups in total. The molecule has 9 nitrogen and oxygen atoms in total. The monoisotopic (exact) mass is 575 g/mol. The molecule has 0 radical (unpaired) electrons. The number of carbonyl (C=O) groups excluding carboxylic acids is 3. The zero-order chi connectivity index (χ0) is 30.5. The van der Waals surface area contributed by atoms with Crippen LogP contribution in [0, 0.1) is 17.8 Å². The predicted octanol–water partition coefficient (Wildman–Crippen LogP) is 3.84. The number of piperidine rings is 1. The molecular weight excluding hydrogens is 534 g/mol. The molecule has 4 aliphatic rings. The number of amides is 1. The number of benzene rings is 1. The van der Waals surface area contributed by atoms with Crippen molar-refractivity contribution in [3.63, 3.8) is 0 Å². The molecule has 5 rings (SSSR count). The minimum atomic E-state index is -1.19. The van der Waals surface area contributed by atoms with Crippen LogP contribution in [0.2, 0.25) is 0 Å². The van der Waals surface area contributed by atoms with E-state index in [0.29, 0.717) is 18.4 Å². The van der Waals surface area contributed by atoms with Gasteiger partial charge in [-0.3, -0.25) is 24.2 Å². The van der Waals surface area contributed by atoms with E-state index in [4.69, 9.17) is 5.73 Å². The lowest BCUT2D eigenvalue weighted by atomic mass is 9.60. The highest BCUT2D eigenvalue weighted by atomic mass is 16.3. The van der Waals surface area contributed by atoms with Gasteiger partial charge in [0, 0.05) is 12.1 Å². The van der Waals surface area contributed by atoms with Gasteiger partial charge in [-0.25, -0.2) is 0 Å². The van der Waals surface area contributed by atoms with Gasteiger partial charge in [0.15, 0.2) is 11.6 Å². The van der Waals surface area contributed by atoms with E-state index in [-0.39, 0.29) is 16.9 Å². The van der Waals surface area contributed by atoms with Crippen molar-refractivity contribution in [1.82, 2.24) is 9.80 Å². The molecular formula is C33H41N3O6. The van der Waals surface area contributed by atoms with Crippen LogP contribution < -0.4 is 5.73 Å². The van der Waals surface area contributed by atoms with E-state index in [1.807, 2.05) is 19.1 Å². The summed E-state index contributed by atoms with van der Waals surface area (Å²) < 4.78 is 0. The van der Waals surface area contributed by atoms with E-state index in [1.54, 1.807) is 19.0 Å². The van der Waals surface area contributed by atoms with Gasteiger partial charge < -0.3 is 21.1 Å². The molecule has 9 heteroatoms. The number of aliphatic hydroxyl groups is 2. The first-order chi connectivity index (χ1) is 19.9. The summed E-state index contributed by atoms with van der Waals surface area (Å²) in [4.78, 5) is 43.6. The molecule has 1 saturated heterocycles. The van der Waals surface area contributed by atoms with Crippen LogP contribution in [0.15, 0.2) is 52.5 Å². The average molecular weight is 576 g/mol. The van der Waals surface area contributed by atoms with Gasteiger partial charge in [-0.1, -0.05) is 30.2 Å². The molecule has 1 aromatic carbocycles. The summed E-state index contributed by atoms with van der Waals surface area (Å²) in [6.07, 6.45) is 8.61. The van der Waals surface area contributed by atoms with Crippen molar-refractivity contribution in [2.45, 2.75) is 52.0 Å². The number of likely N-dealkylation sites (tertiary alicyclic amines) is 1. The van der Waals surface area contributed by atoms with Crippen molar-refractivity contribution < 1.29 is 29.7 Å². The van der Waals surface area contributed by atoms with Crippen molar-refractivity contribution in [2.24, 2.45) is 23.5 Å². The van der Waals surface area contributed by atoms with Crippen molar-refractivity contribution in [3.8, 4) is 5.75 Å². The van der Waals surface area contributed by atoms with Crippen LogP contribution in [0.25, 0.3) is 5.57 Å². The smallest absolute Gasteiger partial charge is 0.255 e. The van der Waals surface area contributed by atoms with Gasteiger partial charge >= 0.3 is 0 Å². The third-order valence-corrected chi connectivity index (χ3v) is 9.41. The lowest BCUT2D eigenvalue weighted by Gasteiger charge is -2.46. The van der Waals surface area contributed by atoms with Crippen LogP contribution in [0.1, 0.15) is 61.0 Å². The van der Waals surface area contributed by atoms with E-state index in [9.17, 15) is 29.7 Å². The number of Topliss-reactive ketones (excluding diaryl/α,β-unsaturated/α-hetero) is 2. The number of nitrogens with zero attached hydrogens (tertiary/aromatic N) is 2. The Labute approximate surface area is 246 Å². The highest BCUT2D eigenvalue weighted by Gasteiger charge is 2.54. The first-order valence-electron chi connectivity index (χ1n) is 14.7.